The molecule has 2 aliphatic rings. The van der Waals surface area contributed by atoms with E-state index in [2.05, 4.69) is 0 Å². The smallest absolute Gasteiger partial charge is 0.166 e. The van der Waals surface area contributed by atoms with Crippen LogP contribution in [0.15, 0.2) is 18.2 Å². The van der Waals surface area contributed by atoms with Crippen LogP contribution in [-0.4, -0.2) is 23.4 Å². The summed E-state index contributed by atoms with van der Waals surface area (Å²) in [7, 11) is 1.49. The molecule has 2 bridgehead atoms. The highest BCUT2D eigenvalue weighted by Gasteiger charge is 2.36. The van der Waals surface area contributed by atoms with Crippen LogP contribution in [0.5, 0.6) is 5.75 Å². The first kappa shape index (κ1) is 13.9. The van der Waals surface area contributed by atoms with Crippen LogP contribution in [0.4, 0.5) is 4.39 Å². The van der Waals surface area contributed by atoms with Crippen LogP contribution < -0.4 is 4.74 Å². The van der Waals surface area contributed by atoms with Gasteiger partial charge in [-0.25, -0.2) is 4.39 Å². The van der Waals surface area contributed by atoms with Crippen LogP contribution in [-0.2, 0) is 0 Å². The van der Waals surface area contributed by atoms with Crippen molar-refractivity contribution < 1.29 is 13.9 Å². The van der Waals surface area contributed by atoms with Gasteiger partial charge in [0.25, 0.3) is 0 Å². The quantitative estimate of drug-likeness (QED) is 0.786. The predicted molar refractivity (Wildman–Crippen MR) is 79.0 cm³/mol. The molecule has 0 radical (unpaired) electrons. The fourth-order valence-corrected chi connectivity index (χ4v) is 5.17. The number of carbonyl (C=O) groups is 1. The largest absolute Gasteiger partial charge is 0.497 e. The molecule has 2 fully saturated rings. The molecule has 2 saturated heterocycles. The van der Waals surface area contributed by atoms with Crippen molar-refractivity contribution in [3.05, 3.63) is 29.6 Å². The standard InChI is InChI=1S/C16H19FO2S/c1-19-13-6-10(5-12(17)9-13)16(18)11-7-14-3-2-4-15(8-11)20-14/h5-6,9,11,14-15H,2-4,7-8H2,1H3. The summed E-state index contributed by atoms with van der Waals surface area (Å²) in [5.41, 5.74) is 0.455. The lowest BCUT2D eigenvalue weighted by atomic mass is 9.84. The molecular weight excluding hydrogens is 275 g/mol. The number of hydrogen-bond acceptors (Lipinski definition) is 3. The number of thioether (sulfide) groups is 1. The van der Waals surface area contributed by atoms with Crippen molar-refractivity contribution in [2.24, 2.45) is 5.92 Å². The second-order valence-electron chi connectivity index (χ2n) is 5.72. The maximum atomic E-state index is 13.5. The van der Waals surface area contributed by atoms with Crippen LogP contribution >= 0.6 is 11.8 Å². The highest BCUT2D eigenvalue weighted by Crippen LogP contribution is 2.44. The Morgan fingerprint density at radius 1 is 1.25 bits per heavy atom. The second-order valence-corrected chi connectivity index (χ2v) is 7.33. The van der Waals surface area contributed by atoms with Crippen molar-refractivity contribution in [2.45, 2.75) is 42.6 Å². The van der Waals surface area contributed by atoms with E-state index >= 15 is 0 Å². The molecule has 2 heterocycles. The molecule has 2 atom stereocenters. The highest BCUT2D eigenvalue weighted by molar-refractivity contribution is 8.00. The fraction of sp³-hybridized carbons (Fsp3) is 0.562. The third kappa shape index (κ3) is 2.85. The molecule has 1 aromatic carbocycles. The Hall–Kier alpha value is -1.03. The van der Waals surface area contributed by atoms with E-state index in [1.807, 2.05) is 11.8 Å². The minimum atomic E-state index is -0.405. The SMILES string of the molecule is COc1cc(F)cc(C(=O)C2CC3CCCC(C2)S3)c1. The van der Waals surface area contributed by atoms with E-state index in [1.165, 1.54) is 38.5 Å². The molecule has 1 aromatic rings. The Morgan fingerprint density at radius 2 is 1.95 bits per heavy atom. The number of fused-ring (bicyclic) bond motifs is 2. The number of carbonyl (C=O) groups excluding carboxylic acids is 1. The number of benzene rings is 1. The molecule has 108 valence electrons. The molecule has 2 aliphatic heterocycles. The Kier molecular flexibility index (Phi) is 4.01. The second kappa shape index (κ2) is 5.76. The van der Waals surface area contributed by atoms with Crippen LogP contribution in [0, 0.1) is 11.7 Å². The van der Waals surface area contributed by atoms with Crippen LogP contribution in [0.3, 0.4) is 0 Å². The summed E-state index contributed by atoms with van der Waals surface area (Å²) in [4.78, 5) is 12.6. The molecule has 2 unspecified atom stereocenters. The summed E-state index contributed by atoms with van der Waals surface area (Å²) in [6.45, 7) is 0. The summed E-state index contributed by atoms with van der Waals surface area (Å²) in [6, 6.07) is 4.30. The third-order valence-corrected chi connectivity index (χ3v) is 5.92. The molecule has 0 aliphatic carbocycles. The van der Waals surface area contributed by atoms with Crippen molar-refractivity contribution in [1.29, 1.82) is 0 Å². The van der Waals surface area contributed by atoms with Gasteiger partial charge in [-0.1, -0.05) is 6.42 Å². The summed E-state index contributed by atoms with van der Waals surface area (Å²) in [5, 5.41) is 1.24. The van der Waals surface area contributed by atoms with Gasteiger partial charge in [0, 0.05) is 28.0 Å². The maximum Gasteiger partial charge on any atom is 0.166 e. The Labute approximate surface area is 123 Å². The average molecular weight is 294 g/mol. The molecule has 0 N–H and O–H groups in total. The van der Waals surface area contributed by atoms with Crippen LogP contribution in [0.2, 0.25) is 0 Å². The van der Waals surface area contributed by atoms with E-state index in [0.717, 1.165) is 12.8 Å². The first-order valence-corrected chi connectivity index (χ1v) is 8.14. The van der Waals surface area contributed by atoms with Gasteiger partial charge in [-0.15, -0.1) is 0 Å². The Balaban J connectivity index is 1.80. The van der Waals surface area contributed by atoms with Crippen molar-refractivity contribution in [2.75, 3.05) is 7.11 Å². The zero-order valence-electron chi connectivity index (χ0n) is 11.6. The summed E-state index contributed by atoms with van der Waals surface area (Å²) in [5.74, 6) is 0.148. The summed E-state index contributed by atoms with van der Waals surface area (Å²) in [6.07, 6.45) is 5.61. The van der Waals surface area contributed by atoms with Crippen LogP contribution in [0.1, 0.15) is 42.5 Å². The third-order valence-electron chi connectivity index (χ3n) is 4.29. The normalized spacial score (nSPS) is 29.0. The van der Waals surface area contributed by atoms with Crippen molar-refractivity contribution in [3.8, 4) is 5.75 Å². The lowest BCUT2D eigenvalue weighted by molar-refractivity contribution is 0.0896. The number of Topliss-reactive ketones (excluding diaryl/α,β-unsaturated/α-hetero) is 1. The minimum Gasteiger partial charge on any atom is -0.497 e. The maximum absolute atomic E-state index is 13.5. The van der Waals surface area contributed by atoms with E-state index in [1.54, 1.807) is 6.07 Å². The van der Waals surface area contributed by atoms with Gasteiger partial charge in [0.15, 0.2) is 5.78 Å². The topological polar surface area (TPSA) is 26.3 Å². The van der Waals surface area contributed by atoms with Gasteiger partial charge in [-0.2, -0.15) is 11.8 Å². The zero-order chi connectivity index (χ0) is 14.1. The van der Waals surface area contributed by atoms with Gasteiger partial charge in [-0.3, -0.25) is 4.79 Å². The van der Waals surface area contributed by atoms with E-state index in [4.69, 9.17) is 4.74 Å². The number of methoxy groups -OCH3 is 1. The highest BCUT2D eigenvalue weighted by atomic mass is 32.2. The average Bonchev–Trinajstić information content (AvgIpc) is 2.45. The zero-order valence-corrected chi connectivity index (χ0v) is 12.4. The molecule has 3 rings (SSSR count). The molecule has 0 aromatic heterocycles. The van der Waals surface area contributed by atoms with Crippen LogP contribution in [0.25, 0.3) is 0 Å². The molecule has 2 nitrogen and oxygen atoms in total. The van der Waals surface area contributed by atoms with E-state index in [9.17, 15) is 9.18 Å². The number of ether oxygens (including phenoxy) is 1. The minimum absolute atomic E-state index is 0.0538. The van der Waals surface area contributed by atoms with Gasteiger partial charge in [-0.05, 0) is 37.8 Å². The van der Waals surface area contributed by atoms with Gasteiger partial charge < -0.3 is 4.74 Å². The lowest BCUT2D eigenvalue weighted by Gasteiger charge is -2.37. The Morgan fingerprint density at radius 3 is 2.60 bits per heavy atom. The first-order valence-electron chi connectivity index (χ1n) is 7.20. The molecule has 0 spiro atoms. The van der Waals surface area contributed by atoms with Crippen molar-refractivity contribution >= 4 is 17.5 Å². The molecule has 4 heteroatoms. The number of rotatable bonds is 3. The van der Waals surface area contributed by atoms with E-state index in [-0.39, 0.29) is 11.7 Å². The Bertz CT molecular complexity index is 505. The van der Waals surface area contributed by atoms with Crippen molar-refractivity contribution in [1.82, 2.24) is 0 Å². The van der Waals surface area contributed by atoms with E-state index in [0.29, 0.717) is 21.8 Å². The van der Waals surface area contributed by atoms with E-state index < -0.39 is 5.82 Å². The summed E-state index contributed by atoms with van der Waals surface area (Å²) < 4.78 is 18.6. The van der Waals surface area contributed by atoms with Crippen molar-refractivity contribution in [3.63, 3.8) is 0 Å². The molecule has 0 saturated carbocycles. The monoisotopic (exact) mass is 294 g/mol. The predicted octanol–water partition coefficient (Wildman–Crippen LogP) is 4.08. The lowest BCUT2D eigenvalue weighted by Crippen LogP contribution is -2.32. The number of hydrogen-bond donors (Lipinski definition) is 0. The van der Waals surface area contributed by atoms with Gasteiger partial charge in [0.05, 0.1) is 7.11 Å². The fourth-order valence-electron chi connectivity index (χ4n) is 3.33. The molecule has 20 heavy (non-hydrogen) atoms. The van der Waals surface area contributed by atoms with Gasteiger partial charge >= 0.3 is 0 Å². The number of halogens is 1. The van der Waals surface area contributed by atoms with Gasteiger partial charge in [0.1, 0.15) is 11.6 Å². The summed E-state index contributed by atoms with van der Waals surface area (Å²) >= 11 is 2.05. The molecule has 0 amide bonds. The molecular formula is C16H19FO2S. The number of ketones is 1. The van der Waals surface area contributed by atoms with Gasteiger partial charge in [0.2, 0.25) is 0 Å². The first-order chi connectivity index (χ1) is 9.65.